The lowest BCUT2D eigenvalue weighted by atomic mass is 10.1. The zero-order valence-electron chi connectivity index (χ0n) is 11.9. The van der Waals surface area contributed by atoms with Crippen LogP contribution in [0.2, 0.25) is 0 Å². The Balaban J connectivity index is 2.04. The normalized spacial score (nSPS) is 11.5. The first kappa shape index (κ1) is 14.6. The molecule has 0 unspecified atom stereocenters. The molecule has 0 spiro atoms. The lowest BCUT2D eigenvalue weighted by Crippen LogP contribution is -2.08. The van der Waals surface area contributed by atoms with Crippen molar-refractivity contribution in [2.75, 3.05) is 11.9 Å². The Morgan fingerprint density at radius 1 is 0.818 bits per heavy atom. The van der Waals surface area contributed by atoms with E-state index in [9.17, 15) is 13.0 Å². The zero-order chi connectivity index (χ0) is 15.7. The molecule has 0 aliphatic rings. The molecule has 3 rings (SSSR count). The Bertz CT molecular complexity index is 921. The molecule has 112 valence electrons. The van der Waals surface area contributed by atoms with Gasteiger partial charge in [0, 0.05) is 18.4 Å². The van der Waals surface area contributed by atoms with Gasteiger partial charge in [-0.2, -0.15) is 0 Å². The number of anilines is 2. The molecule has 0 aliphatic heterocycles. The number of rotatable bonds is 3. The van der Waals surface area contributed by atoms with Gasteiger partial charge in [0.25, 0.3) is 0 Å². The molecular weight excluding hydrogens is 298 g/mol. The minimum absolute atomic E-state index is 0.204. The zero-order valence-corrected chi connectivity index (χ0v) is 12.7. The molecule has 0 radical (unpaired) electrons. The van der Waals surface area contributed by atoms with Crippen molar-refractivity contribution in [2.45, 2.75) is 4.90 Å². The van der Waals surface area contributed by atoms with Crippen molar-refractivity contribution in [3.05, 3.63) is 66.7 Å². The Morgan fingerprint density at radius 3 is 2.14 bits per heavy atom. The molecule has 0 atom stereocenters. The van der Waals surface area contributed by atoms with Crippen molar-refractivity contribution in [1.29, 1.82) is 0 Å². The predicted molar refractivity (Wildman–Crippen MR) is 86.4 cm³/mol. The van der Waals surface area contributed by atoms with E-state index in [0.29, 0.717) is 0 Å². The second-order valence-corrected chi connectivity index (χ2v) is 6.42. The largest absolute Gasteiger partial charge is 0.744 e. The summed E-state index contributed by atoms with van der Waals surface area (Å²) >= 11 is 0. The van der Waals surface area contributed by atoms with Crippen molar-refractivity contribution in [3.8, 4) is 0 Å². The summed E-state index contributed by atoms with van der Waals surface area (Å²) in [7, 11) is -2.46. The maximum atomic E-state index is 11.1. The summed E-state index contributed by atoms with van der Waals surface area (Å²) in [4.78, 5) is 1.83. The van der Waals surface area contributed by atoms with Crippen LogP contribution in [-0.4, -0.2) is 20.0 Å². The minimum Gasteiger partial charge on any atom is -0.744 e. The Hall–Kier alpha value is -2.37. The molecular formula is C17H14NO3S-. The van der Waals surface area contributed by atoms with Crippen LogP contribution >= 0.6 is 0 Å². The molecule has 0 bridgehead atoms. The van der Waals surface area contributed by atoms with Crippen LogP contribution < -0.4 is 4.90 Å². The van der Waals surface area contributed by atoms with Crippen molar-refractivity contribution < 1.29 is 13.0 Å². The van der Waals surface area contributed by atoms with Gasteiger partial charge in [-0.3, -0.25) is 0 Å². The van der Waals surface area contributed by atoms with Gasteiger partial charge in [0.2, 0.25) is 0 Å². The van der Waals surface area contributed by atoms with Gasteiger partial charge < -0.3 is 9.45 Å². The lowest BCUT2D eigenvalue weighted by Gasteiger charge is -2.20. The van der Waals surface area contributed by atoms with E-state index in [1.165, 1.54) is 12.1 Å². The number of para-hydroxylation sites is 1. The van der Waals surface area contributed by atoms with Gasteiger partial charge in [-0.1, -0.05) is 30.3 Å². The van der Waals surface area contributed by atoms with E-state index < -0.39 is 10.1 Å². The second-order valence-electron chi connectivity index (χ2n) is 5.04. The highest BCUT2D eigenvalue weighted by atomic mass is 32.2. The molecule has 0 fully saturated rings. The first-order valence-corrected chi connectivity index (χ1v) is 8.14. The van der Waals surface area contributed by atoms with Crippen LogP contribution in [0, 0.1) is 0 Å². The molecule has 4 nitrogen and oxygen atoms in total. The molecule has 0 saturated heterocycles. The third-order valence-corrected chi connectivity index (χ3v) is 4.45. The van der Waals surface area contributed by atoms with Crippen LogP contribution in [0.25, 0.3) is 10.8 Å². The van der Waals surface area contributed by atoms with E-state index in [4.69, 9.17) is 0 Å². The van der Waals surface area contributed by atoms with Crippen molar-refractivity contribution in [3.63, 3.8) is 0 Å². The average Bonchev–Trinajstić information content (AvgIpc) is 2.53. The summed E-state index contributed by atoms with van der Waals surface area (Å²) in [5.74, 6) is 0. The standard InChI is InChI=1S/C17H15NO3S/c1-18(15-5-3-2-4-6-15)16-9-7-14-12-17(22(19,20)21)10-8-13(14)11-16/h2-12H,1H3,(H,19,20,21)/p-1. The smallest absolute Gasteiger partial charge is 0.124 e. The maximum Gasteiger partial charge on any atom is 0.124 e. The van der Waals surface area contributed by atoms with Crippen LogP contribution in [0.15, 0.2) is 71.6 Å². The molecule has 0 aromatic heterocycles. The second kappa shape index (κ2) is 5.44. The van der Waals surface area contributed by atoms with E-state index in [2.05, 4.69) is 0 Å². The Labute approximate surface area is 129 Å². The summed E-state index contributed by atoms with van der Waals surface area (Å²) in [5, 5.41) is 1.61. The summed E-state index contributed by atoms with van der Waals surface area (Å²) in [6.45, 7) is 0. The van der Waals surface area contributed by atoms with E-state index in [0.717, 1.165) is 22.1 Å². The highest BCUT2D eigenvalue weighted by molar-refractivity contribution is 7.85. The topological polar surface area (TPSA) is 60.4 Å². The number of hydrogen-bond acceptors (Lipinski definition) is 4. The Kier molecular flexibility index (Phi) is 3.60. The number of nitrogens with zero attached hydrogens (tertiary/aromatic N) is 1. The molecule has 5 heteroatoms. The highest BCUT2D eigenvalue weighted by Crippen LogP contribution is 2.28. The predicted octanol–water partition coefficient (Wildman–Crippen LogP) is 3.51. The summed E-state index contributed by atoms with van der Waals surface area (Å²) in [6.07, 6.45) is 0. The van der Waals surface area contributed by atoms with E-state index in [1.54, 1.807) is 6.07 Å². The van der Waals surface area contributed by atoms with Gasteiger partial charge in [-0.25, -0.2) is 8.42 Å². The van der Waals surface area contributed by atoms with Gasteiger partial charge in [0.05, 0.1) is 4.90 Å². The number of hydrogen-bond donors (Lipinski definition) is 0. The van der Waals surface area contributed by atoms with E-state index in [-0.39, 0.29) is 4.90 Å². The number of benzene rings is 3. The third kappa shape index (κ3) is 2.81. The molecule has 0 heterocycles. The quantitative estimate of drug-likeness (QED) is 0.694. The summed E-state index contributed by atoms with van der Waals surface area (Å²) in [6, 6.07) is 20.0. The summed E-state index contributed by atoms with van der Waals surface area (Å²) in [5.41, 5.74) is 2.04. The number of fused-ring (bicyclic) bond motifs is 1. The fourth-order valence-electron chi connectivity index (χ4n) is 2.38. The third-order valence-electron chi connectivity index (χ3n) is 3.61. The first-order chi connectivity index (χ1) is 10.4. The minimum atomic E-state index is -4.42. The van der Waals surface area contributed by atoms with E-state index >= 15 is 0 Å². The molecule has 3 aromatic carbocycles. The van der Waals surface area contributed by atoms with Gasteiger partial charge in [0.15, 0.2) is 0 Å². The lowest BCUT2D eigenvalue weighted by molar-refractivity contribution is 0.463. The maximum absolute atomic E-state index is 11.1. The molecule has 0 N–H and O–H groups in total. The molecule has 0 saturated carbocycles. The van der Waals surface area contributed by atoms with Gasteiger partial charge in [-0.05, 0) is 47.2 Å². The van der Waals surface area contributed by atoms with Crippen LogP contribution in [0.3, 0.4) is 0 Å². The van der Waals surface area contributed by atoms with Crippen LogP contribution in [-0.2, 0) is 10.1 Å². The SMILES string of the molecule is CN(c1ccccc1)c1ccc2cc(S(=O)(=O)[O-])ccc2c1. The van der Waals surface area contributed by atoms with Crippen LogP contribution in [0.5, 0.6) is 0 Å². The molecule has 3 aromatic rings. The fraction of sp³-hybridized carbons (Fsp3) is 0.0588. The van der Waals surface area contributed by atoms with Gasteiger partial charge >= 0.3 is 0 Å². The summed E-state index contributed by atoms with van der Waals surface area (Å²) < 4.78 is 33.2. The first-order valence-electron chi connectivity index (χ1n) is 6.74. The molecule has 0 aliphatic carbocycles. The van der Waals surface area contributed by atoms with Crippen molar-refractivity contribution in [1.82, 2.24) is 0 Å². The van der Waals surface area contributed by atoms with Crippen LogP contribution in [0.4, 0.5) is 11.4 Å². The average molecular weight is 312 g/mol. The van der Waals surface area contributed by atoms with Gasteiger partial charge in [-0.15, -0.1) is 0 Å². The van der Waals surface area contributed by atoms with Crippen molar-refractivity contribution >= 4 is 32.3 Å². The Morgan fingerprint density at radius 2 is 1.45 bits per heavy atom. The van der Waals surface area contributed by atoms with E-state index in [1.807, 2.05) is 60.5 Å². The monoisotopic (exact) mass is 312 g/mol. The van der Waals surface area contributed by atoms with Crippen molar-refractivity contribution in [2.24, 2.45) is 0 Å². The molecule has 22 heavy (non-hydrogen) atoms. The fourth-order valence-corrected chi connectivity index (χ4v) is 2.88. The molecule has 0 amide bonds. The van der Waals surface area contributed by atoms with Gasteiger partial charge in [0.1, 0.15) is 10.1 Å². The van der Waals surface area contributed by atoms with Crippen LogP contribution in [0.1, 0.15) is 0 Å². The highest BCUT2D eigenvalue weighted by Gasteiger charge is 2.06.